The third kappa shape index (κ3) is 3.15. The number of halogens is 1. The van der Waals surface area contributed by atoms with Crippen LogP contribution in [0.2, 0.25) is 0 Å². The van der Waals surface area contributed by atoms with Crippen LogP contribution in [-0.4, -0.2) is 24.1 Å². The second-order valence-corrected chi connectivity index (χ2v) is 6.32. The van der Waals surface area contributed by atoms with E-state index in [1.165, 1.54) is 18.4 Å². The van der Waals surface area contributed by atoms with E-state index in [9.17, 15) is 14.3 Å². The standard InChI is InChI=1S/C20H20FNO3/c1-4-12-9-15-19(24)17(13-5-7-14(21)8-6-13)11-25-20(15)16(18(12)23)10-22(2)3/h5-9,11,23H,4,10H2,1-3H3. The quantitative estimate of drug-likeness (QED) is 0.781. The van der Waals surface area contributed by atoms with Crippen molar-refractivity contribution in [3.63, 3.8) is 0 Å². The molecule has 0 bridgehead atoms. The van der Waals surface area contributed by atoms with Gasteiger partial charge in [-0.2, -0.15) is 0 Å². The van der Waals surface area contributed by atoms with Crippen LogP contribution in [0.5, 0.6) is 5.75 Å². The fraction of sp³-hybridized carbons (Fsp3) is 0.250. The molecule has 3 aromatic rings. The molecule has 0 aliphatic carbocycles. The van der Waals surface area contributed by atoms with E-state index in [1.54, 1.807) is 18.2 Å². The number of aryl methyl sites for hydroxylation is 1. The first-order valence-electron chi connectivity index (χ1n) is 8.12. The smallest absolute Gasteiger partial charge is 0.200 e. The molecular formula is C20H20FNO3. The van der Waals surface area contributed by atoms with Crippen molar-refractivity contribution < 1.29 is 13.9 Å². The van der Waals surface area contributed by atoms with Crippen LogP contribution in [0.3, 0.4) is 0 Å². The molecule has 0 spiro atoms. The van der Waals surface area contributed by atoms with E-state index in [0.29, 0.717) is 46.2 Å². The highest BCUT2D eigenvalue weighted by Crippen LogP contribution is 2.32. The van der Waals surface area contributed by atoms with Gasteiger partial charge in [0.25, 0.3) is 0 Å². The van der Waals surface area contributed by atoms with Crippen molar-refractivity contribution in [2.75, 3.05) is 14.1 Å². The monoisotopic (exact) mass is 341 g/mol. The molecule has 0 radical (unpaired) electrons. The summed E-state index contributed by atoms with van der Waals surface area (Å²) < 4.78 is 18.9. The average Bonchev–Trinajstić information content (AvgIpc) is 2.58. The Bertz CT molecular complexity index is 975. The third-order valence-corrected chi connectivity index (χ3v) is 4.22. The van der Waals surface area contributed by atoms with Crippen LogP contribution in [0.15, 0.2) is 45.8 Å². The number of phenolic OH excluding ortho intramolecular Hbond substituents is 1. The number of nitrogens with zero attached hydrogens (tertiary/aromatic N) is 1. The van der Waals surface area contributed by atoms with Crippen LogP contribution < -0.4 is 5.43 Å². The lowest BCUT2D eigenvalue weighted by Crippen LogP contribution is -2.13. The molecule has 0 amide bonds. The first kappa shape index (κ1) is 17.2. The highest BCUT2D eigenvalue weighted by molar-refractivity contribution is 5.86. The molecule has 3 rings (SSSR count). The molecule has 0 fully saturated rings. The molecule has 0 saturated heterocycles. The van der Waals surface area contributed by atoms with Gasteiger partial charge in [0.05, 0.1) is 16.5 Å². The minimum absolute atomic E-state index is 0.168. The van der Waals surface area contributed by atoms with Crippen molar-refractivity contribution in [3.05, 3.63) is 63.8 Å². The number of phenols is 1. The maximum atomic E-state index is 13.1. The second kappa shape index (κ2) is 6.69. The Morgan fingerprint density at radius 3 is 2.48 bits per heavy atom. The Morgan fingerprint density at radius 2 is 1.88 bits per heavy atom. The Kier molecular flexibility index (Phi) is 4.59. The zero-order valence-electron chi connectivity index (χ0n) is 14.5. The van der Waals surface area contributed by atoms with Crippen LogP contribution in [0.25, 0.3) is 22.1 Å². The van der Waals surface area contributed by atoms with E-state index >= 15 is 0 Å². The second-order valence-electron chi connectivity index (χ2n) is 6.32. The molecule has 0 saturated carbocycles. The van der Waals surface area contributed by atoms with Crippen molar-refractivity contribution in [3.8, 4) is 16.9 Å². The van der Waals surface area contributed by atoms with E-state index in [0.717, 1.165) is 0 Å². The SMILES string of the molecule is CCc1cc2c(=O)c(-c3ccc(F)cc3)coc2c(CN(C)C)c1O. The van der Waals surface area contributed by atoms with E-state index in [-0.39, 0.29) is 17.0 Å². The van der Waals surface area contributed by atoms with Crippen LogP contribution in [0.1, 0.15) is 18.1 Å². The van der Waals surface area contributed by atoms with Crippen molar-refractivity contribution in [1.29, 1.82) is 0 Å². The Labute approximate surface area is 145 Å². The van der Waals surface area contributed by atoms with Gasteiger partial charge in [-0.15, -0.1) is 0 Å². The van der Waals surface area contributed by atoms with Gasteiger partial charge in [-0.25, -0.2) is 4.39 Å². The first-order chi connectivity index (χ1) is 11.9. The minimum Gasteiger partial charge on any atom is -0.507 e. The summed E-state index contributed by atoms with van der Waals surface area (Å²) in [4.78, 5) is 14.9. The Hall–Kier alpha value is -2.66. The summed E-state index contributed by atoms with van der Waals surface area (Å²) in [6, 6.07) is 7.41. The van der Waals surface area contributed by atoms with Gasteiger partial charge in [-0.05, 0) is 49.8 Å². The Morgan fingerprint density at radius 1 is 1.20 bits per heavy atom. The van der Waals surface area contributed by atoms with Crippen molar-refractivity contribution in [2.45, 2.75) is 19.9 Å². The normalized spacial score (nSPS) is 11.4. The summed E-state index contributed by atoms with van der Waals surface area (Å²) in [5.74, 6) is -0.193. The zero-order valence-corrected chi connectivity index (χ0v) is 14.5. The van der Waals surface area contributed by atoms with E-state index < -0.39 is 0 Å². The lowest BCUT2D eigenvalue weighted by atomic mass is 9.99. The van der Waals surface area contributed by atoms with Crippen LogP contribution in [0.4, 0.5) is 4.39 Å². The molecule has 0 aliphatic heterocycles. The molecule has 0 atom stereocenters. The van der Waals surface area contributed by atoms with Gasteiger partial charge >= 0.3 is 0 Å². The van der Waals surface area contributed by atoms with E-state index in [2.05, 4.69) is 0 Å². The number of hydrogen-bond donors (Lipinski definition) is 1. The molecular weight excluding hydrogens is 321 g/mol. The highest BCUT2D eigenvalue weighted by atomic mass is 19.1. The predicted octanol–water partition coefficient (Wildman–Crippen LogP) is 3.93. The first-order valence-corrected chi connectivity index (χ1v) is 8.12. The number of rotatable bonds is 4. The lowest BCUT2D eigenvalue weighted by molar-refractivity contribution is 0.382. The molecule has 1 heterocycles. The molecule has 0 unspecified atom stereocenters. The molecule has 2 aromatic carbocycles. The summed E-state index contributed by atoms with van der Waals surface area (Å²) >= 11 is 0. The maximum absolute atomic E-state index is 13.1. The van der Waals surface area contributed by atoms with Gasteiger partial charge in [0.1, 0.15) is 23.4 Å². The average molecular weight is 341 g/mol. The van der Waals surface area contributed by atoms with Gasteiger partial charge in [0.15, 0.2) is 0 Å². The molecule has 5 heteroatoms. The molecule has 1 aromatic heterocycles. The highest BCUT2D eigenvalue weighted by Gasteiger charge is 2.18. The summed E-state index contributed by atoms with van der Waals surface area (Å²) in [5, 5.41) is 10.9. The topological polar surface area (TPSA) is 53.7 Å². The lowest BCUT2D eigenvalue weighted by Gasteiger charge is -2.16. The number of benzene rings is 2. The summed E-state index contributed by atoms with van der Waals surface area (Å²) in [5.41, 5.74) is 2.46. The summed E-state index contributed by atoms with van der Waals surface area (Å²) in [6.45, 7) is 2.38. The van der Waals surface area contributed by atoms with Gasteiger partial charge in [0, 0.05) is 6.54 Å². The van der Waals surface area contributed by atoms with Crippen molar-refractivity contribution >= 4 is 11.0 Å². The van der Waals surface area contributed by atoms with Gasteiger partial charge in [-0.1, -0.05) is 19.1 Å². The maximum Gasteiger partial charge on any atom is 0.200 e. The third-order valence-electron chi connectivity index (χ3n) is 4.22. The minimum atomic E-state index is -0.361. The zero-order chi connectivity index (χ0) is 18.1. The number of hydrogen-bond acceptors (Lipinski definition) is 4. The molecule has 4 nitrogen and oxygen atoms in total. The largest absolute Gasteiger partial charge is 0.507 e. The van der Waals surface area contributed by atoms with Crippen LogP contribution in [-0.2, 0) is 13.0 Å². The molecule has 130 valence electrons. The summed E-state index contributed by atoms with van der Waals surface area (Å²) in [6.07, 6.45) is 1.98. The van der Waals surface area contributed by atoms with Gasteiger partial charge < -0.3 is 14.4 Å². The molecule has 25 heavy (non-hydrogen) atoms. The van der Waals surface area contributed by atoms with Crippen LogP contribution >= 0.6 is 0 Å². The summed E-state index contributed by atoms with van der Waals surface area (Å²) in [7, 11) is 3.77. The molecule has 1 N–H and O–H groups in total. The number of aromatic hydroxyl groups is 1. The fourth-order valence-electron chi connectivity index (χ4n) is 2.95. The number of fused-ring (bicyclic) bond motifs is 1. The van der Waals surface area contributed by atoms with Crippen LogP contribution in [0, 0.1) is 5.82 Å². The Balaban J connectivity index is 2.30. The predicted molar refractivity (Wildman–Crippen MR) is 96.3 cm³/mol. The van der Waals surface area contributed by atoms with Crippen molar-refractivity contribution in [2.24, 2.45) is 0 Å². The van der Waals surface area contributed by atoms with Crippen molar-refractivity contribution in [1.82, 2.24) is 4.90 Å². The fourth-order valence-corrected chi connectivity index (χ4v) is 2.95. The molecule has 0 aliphatic rings. The van der Waals surface area contributed by atoms with Gasteiger partial charge in [-0.3, -0.25) is 4.79 Å². The van der Waals surface area contributed by atoms with Gasteiger partial charge in [0.2, 0.25) is 5.43 Å². The van der Waals surface area contributed by atoms with E-state index in [1.807, 2.05) is 25.9 Å². The van der Waals surface area contributed by atoms with E-state index in [4.69, 9.17) is 4.42 Å².